The highest BCUT2D eigenvalue weighted by Gasteiger charge is 2.18. The van der Waals surface area contributed by atoms with Crippen molar-refractivity contribution in [3.05, 3.63) is 194 Å². The number of benzene rings is 10. The van der Waals surface area contributed by atoms with E-state index in [-0.39, 0.29) is 0 Å². The molecule has 5 heteroatoms. The molecule has 2 aromatic heterocycles. The Kier molecular flexibility index (Phi) is 7.47. The molecule has 0 radical (unpaired) electrons. The minimum Gasteiger partial charge on any atom is -0.435 e. The summed E-state index contributed by atoms with van der Waals surface area (Å²) in [7, 11) is 0. The second-order valence-electron chi connectivity index (χ2n) is 15.0. The molecule has 274 valence electrons. The molecule has 0 aliphatic rings. The van der Waals surface area contributed by atoms with Crippen LogP contribution in [0.5, 0.6) is 0 Å². The number of rotatable bonds is 5. The summed E-state index contributed by atoms with van der Waals surface area (Å²) in [6.07, 6.45) is 0. The van der Waals surface area contributed by atoms with Crippen LogP contribution in [-0.2, 0) is 0 Å². The maximum Gasteiger partial charge on any atom is 0.227 e. The van der Waals surface area contributed by atoms with Crippen LogP contribution in [0.2, 0.25) is 0 Å². The van der Waals surface area contributed by atoms with Crippen molar-refractivity contribution in [2.45, 2.75) is 0 Å². The summed E-state index contributed by atoms with van der Waals surface area (Å²) in [5.41, 5.74) is 7.60. The van der Waals surface area contributed by atoms with Crippen LogP contribution >= 0.6 is 0 Å². The Morgan fingerprint density at radius 1 is 0.305 bits per heavy atom. The summed E-state index contributed by atoms with van der Waals surface area (Å²) in [6, 6.07) is 67.7. The molecule has 0 unspecified atom stereocenters. The van der Waals surface area contributed by atoms with E-state index in [1.54, 1.807) is 0 Å². The molecule has 5 nitrogen and oxygen atoms in total. The molecule has 0 aliphatic carbocycles. The van der Waals surface area contributed by atoms with Crippen LogP contribution in [0, 0.1) is 0 Å². The van der Waals surface area contributed by atoms with Crippen LogP contribution in [0.1, 0.15) is 0 Å². The van der Waals surface area contributed by atoms with Crippen LogP contribution in [0.4, 0.5) is 0 Å². The highest BCUT2D eigenvalue weighted by atomic mass is 16.3. The molecule has 59 heavy (non-hydrogen) atoms. The van der Waals surface area contributed by atoms with Crippen molar-refractivity contribution < 1.29 is 4.42 Å². The zero-order valence-electron chi connectivity index (χ0n) is 31.7. The fourth-order valence-corrected chi connectivity index (χ4v) is 8.57. The van der Waals surface area contributed by atoms with Gasteiger partial charge in [-0.3, -0.25) is 0 Å². The first-order valence-electron chi connectivity index (χ1n) is 19.8. The first-order chi connectivity index (χ1) is 29.2. The molecule has 0 atom stereocenters. The molecule has 0 saturated carbocycles. The topological polar surface area (TPSA) is 64.7 Å². The minimum atomic E-state index is 0.610. The van der Waals surface area contributed by atoms with E-state index >= 15 is 0 Å². The van der Waals surface area contributed by atoms with Crippen molar-refractivity contribution >= 4 is 65.0 Å². The highest BCUT2D eigenvalue weighted by molar-refractivity contribution is 6.26. The van der Waals surface area contributed by atoms with Gasteiger partial charge < -0.3 is 4.42 Å². The number of fused-ring (bicyclic) bond motifs is 9. The van der Waals surface area contributed by atoms with Gasteiger partial charge in [0.1, 0.15) is 5.52 Å². The Morgan fingerprint density at radius 2 is 0.881 bits per heavy atom. The van der Waals surface area contributed by atoms with E-state index in [2.05, 4.69) is 158 Å². The number of aromatic nitrogens is 4. The van der Waals surface area contributed by atoms with Gasteiger partial charge in [0.2, 0.25) is 5.89 Å². The summed E-state index contributed by atoms with van der Waals surface area (Å²) in [5, 5.41) is 11.3. The lowest BCUT2D eigenvalue weighted by atomic mass is 9.95. The normalized spacial score (nSPS) is 11.7. The predicted molar refractivity (Wildman–Crippen MR) is 242 cm³/mol. The average molecular weight is 753 g/mol. The number of nitrogens with zero attached hydrogens (tertiary/aromatic N) is 4. The molecule has 12 aromatic rings. The largest absolute Gasteiger partial charge is 0.435 e. The lowest BCUT2D eigenvalue weighted by Gasteiger charge is -2.12. The highest BCUT2D eigenvalue weighted by Crippen LogP contribution is 2.40. The molecule has 2 heterocycles. The molecule has 10 aromatic carbocycles. The van der Waals surface area contributed by atoms with Crippen molar-refractivity contribution in [1.29, 1.82) is 0 Å². The Balaban J connectivity index is 1.04. The SMILES string of the molecule is c1ccc(-c2nc3ccc4ccc5ccc6cc(-c7nc(-c8cccc(-c9ccc%10ccccc%10c9)c8)nc(-c8cccc9ccccc89)n7)ccc6c5c4c3o2)cc1. The number of oxazole rings is 1. The van der Waals surface area contributed by atoms with E-state index < -0.39 is 0 Å². The second kappa shape index (κ2) is 13.3. The van der Waals surface area contributed by atoms with Gasteiger partial charge in [0.05, 0.1) is 0 Å². The van der Waals surface area contributed by atoms with E-state index in [1.165, 1.54) is 10.8 Å². The monoisotopic (exact) mass is 752 g/mol. The van der Waals surface area contributed by atoms with Crippen LogP contribution in [-0.4, -0.2) is 19.9 Å². The molecule has 0 spiro atoms. The third-order valence-electron chi connectivity index (χ3n) is 11.5. The Hall–Kier alpha value is -8.02. The van der Waals surface area contributed by atoms with Crippen LogP contribution < -0.4 is 0 Å². The third-order valence-corrected chi connectivity index (χ3v) is 11.5. The van der Waals surface area contributed by atoms with Crippen molar-refractivity contribution in [3.63, 3.8) is 0 Å². The van der Waals surface area contributed by atoms with Crippen molar-refractivity contribution in [2.75, 3.05) is 0 Å². The van der Waals surface area contributed by atoms with Gasteiger partial charge in [-0.05, 0) is 90.6 Å². The summed E-state index contributed by atoms with van der Waals surface area (Å²) < 4.78 is 6.58. The minimum absolute atomic E-state index is 0.610. The molecule has 12 rings (SSSR count). The summed E-state index contributed by atoms with van der Waals surface area (Å²) in [4.78, 5) is 20.5. The van der Waals surface area contributed by atoms with Crippen molar-refractivity contribution in [3.8, 4) is 56.7 Å². The fourth-order valence-electron chi connectivity index (χ4n) is 8.57. The Labute approximate surface area is 338 Å². The fraction of sp³-hybridized carbons (Fsp3) is 0. The zero-order chi connectivity index (χ0) is 38.9. The van der Waals surface area contributed by atoms with Gasteiger partial charge in [-0.25, -0.2) is 19.9 Å². The maximum atomic E-state index is 6.58. The van der Waals surface area contributed by atoms with Gasteiger partial charge in [0, 0.05) is 33.0 Å². The van der Waals surface area contributed by atoms with Gasteiger partial charge in [0.25, 0.3) is 0 Å². The zero-order valence-corrected chi connectivity index (χ0v) is 31.7. The molecular formula is C54H32N4O. The lowest BCUT2D eigenvalue weighted by molar-refractivity contribution is 0.623. The van der Waals surface area contributed by atoms with E-state index in [9.17, 15) is 0 Å². The van der Waals surface area contributed by atoms with Crippen LogP contribution in [0.3, 0.4) is 0 Å². The Bertz CT molecular complexity index is 3620. The first-order valence-corrected chi connectivity index (χ1v) is 19.8. The van der Waals surface area contributed by atoms with E-state index in [1.807, 2.05) is 36.4 Å². The molecular weight excluding hydrogens is 721 g/mol. The Morgan fingerprint density at radius 3 is 1.75 bits per heavy atom. The van der Waals surface area contributed by atoms with E-state index in [4.69, 9.17) is 24.4 Å². The molecule has 0 saturated heterocycles. The van der Waals surface area contributed by atoms with Gasteiger partial charge >= 0.3 is 0 Å². The number of hydrogen-bond donors (Lipinski definition) is 0. The molecule has 0 amide bonds. The predicted octanol–water partition coefficient (Wildman–Crippen LogP) is 14.1. The van der Waals surface area contributed by atoms with Gasteiger partial charge in [0.15, 0.2) is 23.1 Å². The summed E-state index contributed by atoms with van der Waals surface area (Å²) >= 11 is 0. The van der Waals surface area contributed by atoms with Crippen molar-refractivity contribution in [2.24, 2.45) is 0 Å². The van der Waals surface area contributed by atoms with Crippen molar-refractivity contribution in [1.82, 2.24) is 19.9 Å². The van der Waals surface area contributed by atoms with Gasteiger partial charge in [-0.2, -0.15) is 0 Å². The van der Waals surface area contributed by atoms with E-state index in [0.717, 1.165) is 87.6 Å². The standard InChI is InChI=1S/C54H32N4O/c1-2-12-37(13-3-1)54-55-47-29-27-36-22-21-35-23-25-41-32-43(26-28-45(41)48(35)49(36)50(47)59-54)52-56-51(57-53(58-52)46-19-9-15-34-11-6-7-18-44(34)46)42-17-8-16-39(31-42)40-24-20-33-10-4-5-14-38(33)30-40/h1-32H. The molecule has 0 aliphatic heterocycles. The van der Waals surface area contributed by atoms with Crippen LogP contribution in [0.25, 0.3) is 122 Å². The molecule has 0 N–H and O–H groups in total. The summed E-state index contributed by atoms with van der Waals surface area (Å²) in [5.74, 6) is 2.47. The molecule has 0 bridgehead atoms. The lowest BCUT2D eigenvalue weighted by Crippen LogP contribution is -2.00. The first kappa shape index (κ1) is 33.2. The number of hydrogen-bond acceptors (Lipinski definition) is 5. The second-order valence-corrected chi connectivity index (χ2v) is 15.0. The smallest absolute Gasteiger partial charge is 0.227 e. The quantitative estimate of drug-likeness (QED) is 0.164. The maximum absolute atomic E-state index is 6.58. The summed E-state index contributed by atoms with van der Waals surface area (Å²) in [6.45, 7) is 0. The van der Waals surface area contributed by atoms with Gasteiger partial charge in [-0.1, -0.05) is 158 Å². The van der Waals surface area contributed by atoms with Gasteiger partial charge in [-0.15, -0.1) is 0 Å². The van der Waals surface area contributed by atoms with E-state index in [0.29, 0.717) is 23.4 Å². The molecule has 0 fully saturated rings. The average Bonchev–Trinajstić information content (AvgIpc) is 3.76. The third kappa shape index (κ3) is 5.63. The van der Waals surface area contributed by atoms with Crippen LogP contribution in [0.15, 0.2) is 199 Å².